The van der Waals surface area contributed by atoms with Gasteiger partial charge in [-0.25, -0.2) is 9.13 Å². The minimum atomic E-state index is -5.05. The molecule has 0 atom stereocenters. The summed E-state index contributed by atoms with van der Waals surface area (Å²) >= 11 is 0. The van der Waals surface area contributed by atoms with Crippen LogP contribution < -0.4 is 0 Å². The SMILES string of the molecule is O=P(O)(O)OP(=O)(O)O.[Ar]. The third-order valence-electron chi connectivity index (χ3n) is 0.213. The van der Waals surface area contributed by atoms with Crippen LogP contribution in [0.3, 0.4) is 0 Å². The molecular weight excluding hydrogens is 214 g/mol. The summed E-state index contributed by atoms with van der Waals surface area (Å²) in [6, 6.07) is 0. The minimum absolute atomic E-state index is 0. The maximum atomic E-state index is 9.63. The molecular formula is H4ArO7P2. The van der Waals surface area contributed by atoms with Crippen molar-refractivity contribution in [3.8, 4) is 0 Å². The summed E-state index contributed by atoms with van der Waals surface area (Å²) in [6.07, 6.45) is 0. The molecule has 0 aromatic heterocycles. The zero-order chi connectivity index (χ0) is 7.71. The summed E-state index contributed by atoms with van der Waals surface area (Å²) in [5.41, 5.74) is 0. The van der Waals surface area contributed by atoms with Crippen LogP contribution in [0.4, 0.5) is 0 Å². The van der Waals surface area contributed by atoms with Gasteiger partial charge in [0.25, 0.3) is 0 Å². The van der Waals surface area contributed by atoms with Gasteiger partial charge in [-0.05, 0) is 0 Å². The smallest absolute Gasteiger partial charge is 0.302 e. The second-order valence-corrected chi connectivity index (χ2v) is 3.68. The maximum Gasteiger partial charge on any atom is 0.478 e. The van der Waals surface area contributed by atoms with Gasteiger partial charge in [-0.15, -0.1) is 0 Å². The quantitative estimate of drug-likeness (QED) is 0.446. The van der Waals surface area contributed by atoms with E-state index < -0.39 is 15.6 Å². The first-order chi connectivity index (χ1) is 3.71. The van der Waals surface area contributed by atoms with Crippen LogP contribution in [0.5, 0.6) is 0 Å². The Balaban J connectivity index is 0. The largest absolute Gasteiger partial charge is 0.478 e. The van der Waals surface area contributed by atoms with Gasteiger partial charge in [0, 0.05) is 37.7 Å². The molecule has 10 heavy (non-hydrogen) atoms. The Bertz CT molecular complexity index is 152. The Morgan fingerprint density at radius 1 is 0.900 bits per heavy atom. The summed E-state index contributed by atoms with van der Waals surface area (Å²) in [6.45, 7) is 0. The Morgan fingerprint density at radius 2 is 1.10 bits per heavy atom. The molecule has 0 fully saturated rings. The van der Waals surface area contributed by atoms with Crippen molar-refractivity contribution >= 4 is 15.6 Å². The molecule has 64 valence electrons. The van der Waals surface area contributed by atoms with Gasteiger partial charge in [0.05, 0.1) is 0 Å². The first-order valence-electron chi connectivity index (χ1n) is 1.53. The molecule has 0 aliphatic rings. The van der Waals surface area contributed by atoms with E-state index in [9.17, 15) is 9.13 Å². The van der Waals surface area contributed by atoms with E-state index in [1.165, 1.54) is 0 Å². The molecule has 0 saturated heterocycles. The zero-order valence-corrected chi connectivity index (χ0v) is 6.76. The van der Waals surface area contributed by atoms with Gasteiger partial charge >= 0.3 is 15.6 Å². The van der Waals surface area contributed by atoms with E-state index in [1.54, 1.807) is 0 Å². The van der Waals surface area contributed by atoms with Crippen molar-refractivity contribution in [2.75, 3.05) is 0 Å². The van der Waals surface area contributed by atoms with Crippen molar-refractivity contribution < 1.29 is 70.8 Å². The zero-order valence-electron chi connectivity index (χ0n) is 4.26. The number of rotatable bonds is 2. The summed E-state index contributed by atoms with van der Waals surface area (Å²) in [5, 5.41) is 0. The average Bonchev–Trinajstić information content (AvgIpc) is 1.14. The predicted octanol–water partition coefficient (Wildman–Crippen LogP) is -0.812. The molecule has 0 aliphatic carbocycles. The molecule has 0 saturated carbocycles. The maximum absolute atomic E-state index is 9.63. The number of hydrogen-bond acceptors (Lipinski definition) is 3. The van der Waals surface area contributed by atoms with Crippen LogP contribution in [-0.4, -0.2) is 19.6 Å². The van der Waals surface area contributed by atoms with Crippen molar-refractivity contribution in [1.29, 1.82) is 0 Å². The Kier molecular flexibility index (Phi) is 6.36. The normalized spacial score (nSPS) is 12.4. The van der Waals surface area contributed by atoms with E-state index >= 15 is 0 Å². The molecule has 4 N–H and O–H groups in total. The van der Waals surface area contributed by atoms with Crippen molar-refractivity contribution in [3.05, 3.63) is 0 Å². The van der Waals surface area contributed by atoms with Crippen molar-refractivity contribution in [3.63, 3.8) is 0 Å². The molecule has 0 radical (unpaired) electrons. The van der Waals surface area contributed by atoms with Crippen LogP contribution in [-0.2, 0) is 13.4 Å². The third kappa shape index (κ3) is 12.2. The molecule has 0 heterocycles. The minimum Gasteiger partial charge on any atom is -0.302 e. The third-order valence-corrected chi connectivity index (χ3v) is 1.91. The number of phosphoric acid groups is 2. The molecule has 0 bridgehead atoms. The van der Waals surface area contributed by atoms with Crippen LogP contribution in [0.15, 0.2) is 0 Å². The second-order valence-electron chi connectivity index (χ2n) is 1.06. The van der Waals surface area contributed by atoms with Crippen LogP contribution >= 0.6 is 15.6 Å². The van der Waals surface area contributed by atoms with Gasteiger partial charge in [0.2, 0.25) is 0 Å². The first-order valence-corrected chi connectivity index (χ1v) is 4.59. The first kappa shape index (κ1) is 14.1. The van der Waals surface area contributed by atoms with Crippen molar-refractivity contribution in [2.45, 2.75) is 0 Å². The van der Waals surface area contributed by atoms with E-state index in [2.05, 4.69) is 4.31 Å². The summed E-state index contributed by atoms with van der Waals surface area (Å²) in [5.74, 6) is 0. The van der Waals surface area contributed by atoms with Gasteiger partial charge in [0.15, 0.2) is 0 Å². The van der Waals surface area contributed by atoms with Crippen LogP contribution in [0.25, 0.3) is 0 Å². The molecule has 0 aliphatic heterocycles. The van der Waals surface area contributed by atoms with Crippen LogP contribution in [0, 0.1) is 37.7 Å². The molecule has 0 amide bonds. The monoisotopic (exact) mass is 218 g/mol. The molecule has 0 aromatic rings. The van der Waals surface area contributed by atoms with Crippen LogP contribution in [0.2, 0.25) is 0 Å². The van der Waals surface area contributed by atoms with Crippen molar-refractivity contribution in [1.82, 2.24) is 0 Å². The van der Waals surface area contributed by atoms with Gasteiger partial charge in [-0.3, -0.25) is 0 Å². The molecule has 10 heteroatoms. The summed E-state index contributed by atoms with van der Waals surface area (Å²) < 4.78 is 22.2. The standard InChI is InChI=1S/Ar.H4O7P2/c;1-8(2,3)7-9(4,5)6/h;(H2,1,2,3)(H2,4,5,6). The molecule has 0 rings (SSSR count). The van der Waals surface area contributed by atoms with E-state index in [-0.39, 0.29) is 37.7 Å². The average molecular weight is 218 g/mol. The van der Waals surface area contributed by atoms with E-state index in [0.29, 0.717) is 0 Å². The van der Waals surface area contributed by atoms with Gasteiger partial charge in [-0.2, -0.15) is 4.31 Å². The topological polar surface area (TPSA) is 124 Å². The Morgan fingerprint density at radius 3 is 1.10 bits per heavy atom. The molecule has 7 nitrogen and oxygen atoms in total. The van der Waals surface area contributed by atoms with E-state index in [1.807, 2.05) is 0 Å². The van der Waals surface area contributed by atoms with E-state index in [0.717, 1.165) is 0 Å². The van der Waals surface area contributed by atoms with Gasteiger partial charge < -0.3 is 19.6 Å². The fraction of sp³-hybridized carbons (Fsp3) is 0. The fourth-order valence-corrected chi connectivity index (χ4v) is 1.25. The summed E-state index contributed by atoms with van der Waals surface area (Å²) in [4.78, 5) is 31.0. The fourth-order valence-electron chi connectivity index (χ4n) is 0.139. The second kappa shape index (κ2) is 4.52. The number of hydrogen-bond donors (Lipinski definition) is 4. The molecule has 0 unspecified atom stereocenters. The molecule has 0 aromatic carbocycles. The van der Waals surface area contributed by atoms with Gasteiger partial charge in [0.1, 0.15) is 0 Å². The Hall–Kier alpha value is 1.52. The summed E-state index contributed by atoms with van der Waals surface area (Å²) in [7, 11) is -10.1. The van der Waals surface area contributed by atoms with Gasteiger partial charge in [-0.1, -0.05) is 0 Å². The predicted molar refractivity (Wildman–Crippen MR) is 25.2 cm³/mol. The van der Waals surface area contributed by atoms with E-state index in [4.69, 9.17) is 19.6 Å². The van der Waals surface area contributed by atoms with Crippen molar-refractivity contribution in [2.24, 2.45) is 0 Å². The Labute approximate surface area is 85.9 Å². The van der Waals surface area contributed by atoms with Crippen LogP contribution in [0.1, 0.15) is 0 Å². The molecule has 0 spiro atoms.